The van der Waals surface area contributed by atoms with Gasteiger partial charge in [-0.15, -0.1) is 11.3 Å². The van der Waals surface area contributed by atoms with Crippen LogP contribution in [-0.4, -0.2) is 27.1 Å². The molecule has 6 nitrogen and oxygen atoms in total. The number of aromatic nitrogens is 3. The molecule has 0 amide bonds. The van der Waals surface area contributed by atoms with Crippen molar-refractivity contribution in [3.63, 3.8) is 0 Å². The van der Waals surface area contributed by atoms with Crippen LogP contribution in [0.1, 0.15) is 30.2 Å². The van der Waals surface area contributed by atoms with Crippen molar-refractivity contribution in [3.05, 3.63) is 114 Å². The molecule has 0 aliphatic heterocycles. The highest BCUT2D eigenvalue weighted by Crippen LogP contribution is 2.27. The highest BCUT2D eigenvalue weighted by Gasteiger charge is 2.12. The molecule has 0 atom stereocenters. The lowest BCUT2D eigenvalue weighted by Crippen LogP contribution is -2.05. The second-order valence-corrected chi connectivity index (χ2v) is 9.72. The summed E-state index contributed by atoms with van der Waals surface area (Å²) in [5.41, 5.74) is 6.49. The molecule has 0 fully saturated rings. The van der Waals surface area contributed by atoms with E-state index >= 15 is 0 Å². The molecule has 3 aromatic heterocycles. The number of ether oxygens (including phenoxy) is 2. The molecule has 192 valence electrons. The summed E-state index contributed by atoms with van der Waals surface area (Å²) in [6, 6.07) is 22.3. The molecule has 3 heterocycles. The Bertz CT molecular complexity index is 1460. The zero-order chi connectivity index (χ0) is 26.2. The molecule has 0 radical (unpaired) electrons. The minimum absolute atomic E-state index is 0.166. The van der Waals surface area contributed by atoms with Crippen molar-refractivity contribution in [2.45, 2.75) is 32.9 Å². The van der Waals surface area contributed by atoms with Crippen molar-refractivity contribution >= 4 is 17.3 Å². The highest BCUT2D eigenvalue weighted by molar-refractivity contribution is 7.13. The highest BCUT2D eigenvalue weighted by atomic mass is 32.1. The molecule has 0 saturated heterocycles. The zero-order valence-electron chi connectivity index (χ0n) is 21.2. The topological polar surface area (TPSA) is 66.2 Å². The predicted octanol–water partition coefficient (Wildman–Crippen LogP) is 6.80. The van der Waals surface area contributed by atoms with E-state index in [1.165, 1.54) is 0 Å². The van der Waals surface area contributed by atoms with E-state index in [0.29, 0.717) is 26.1 Å². The van der Waals surface area contributed by atoms with Crippen molar-refractivity contribution in [3.8, 4) is 27.4 Å². The van der Waals surface area contributed by atoms with Gasteiger partial charge in [0.15, 0.2) is 0 Å². The molecular weight excluding hydrogens is 494 g/mol. The Morgan fingerprint density at radius 1 is 0.974 bits per heavy atom. The summed E-state index contributed by atoms with van der Waals surface area (Å²) in [7, 11) is 0. The van der Waals surface area contributed by atoms with Crippen LogP contribution in [0.4, 0.5) is 0 Å². The van der Waals surface area contributed by atoms with Crippen molar-refractivity contribution in [1.29, 1.82) is 0 Å². The Balaban J connectivity index is 1.23. The van der Waals surface area contributed by atoms with Crippen LogP contribution in [0.3, 0.4) is 0 Å². The summed E-state index contributed by atoms with van der Waals surface area (Å²) >= 11 is 1.59. The first-order chi connectivity index (χ1) is 18.7. The van der Waals surface area contributed by atoms with E-state index in [1.54, 1.807) is 17.5 Å². The lowest BCUT2D eigenvalue weighted by atomic mass is 10.0. The third-order valence-corrected chi connectivity index (χ3v) is 7.03. The lowest BCUT2D eigenvalue weighted by Gasteiger charge is -2.07. The molecule has 7 heteroatoms. The summed E-state index contributed by atoms with van der Waals surface area (Å²) < 4.78 is 13.3. The first-order valence-corrected chi connectivity index (χ1v) is 13.5. The van der Waals surface area contributed by atoms with Gasteiger partial charge in [0.2, 0.25) is 0 Å². The number of pyridine rings is 1. The van der Waals surface area contributed by atoms with Gasteiger partial charge in [-0.05, 0) is 54.3 Å². The van der Waals surface area contributed by atoms with Gasteiger partial charge in [0.05, 0.1) is 12.3 Å². The number of hydrogen-bond donors (Lipinski definition) is 0. The van der Waals surface area contributed by atoms with Gasteiger partial charge in [0.25, 0.3) is 0 Å². The summed E-state index contributed by atoms with van der Waals surface area (Å²) in [4.78, 5) is 20.8. The Morgan fingerprint density at radius 3 is 2.55 bits per heavy atom. The third kappa shape index (κ3) is 6.55. The Kier molecular flexibility index (Phi) is 8.26. The standard InChI is InChI=1S/C31H29N3O3S/c1-2-36-30(35)15-12-26-19-34(20-29(26)24-7-4-3-5-8-24)18-23-10-13-28(14-11-23)37-21-27-22-38-31(33-27)25-9-6-16-32-17-25/h3-11,13-14,16-17,19-20,22H,2,12,15,18,21H2,1H3. The summed E-state index contributed by atoms with van der Waals surface area (Å²) in [6.45, 7) is 3.37. The van der Waals surface area contributed by atoms with Crippen LogP contribution in [0.25, 0.3) is 21.7 Å². The van der Waals surface area contributed by atoms with Gasteiger partial charge in [0.1, 0.15) is 17.4 Å². The molecule has 0 bridgehead atoms. The molecule has 5 aromatic rings. The number of aryl methyl sites for hydroxylation is 1. The van der Waals surface area contributed by atoms with Gasteiger partial charge in [0, 0.05) is 54.3 Å². The average molecular weight is 524 g/mol. The van der Waals surface area contributed by atoms with E-state index in [2.05, 4.69) is 51.2 Å². The third-order valence-electron chi connectivity index (χ3n) is 6.09. The number of nitrogens with zero attached hydrogens (tertiary/aromatic N) is 3. The van der Waals surface area contributed by atoms with E-state index in [-0.39, 0.29) is 5.97 Å². The van der Waals surface area contributed by atoms with Crippen molar-refractivity contribution < 1.29 is 14.3 Å². The lowest BCUT2D eigenvalue weighted by molar-refractivity contribution is -0.143. The van der Waals surface area contributed by atoms with E-state index < -0.39 is 0 Å². The van der Waals surface area contributed by atoms with Gasteiger partial charge in [-0.3, -0.25) is 9.78 Å². The van der Waals surface area contributed by atoms with Gasteiger partial charge in [-0.25, -0.2) is 4.98 Å². The Morgan fingerprint density at radius 2 is 1.79 bits per heavy atom. The van der Waals surface area contributed by atoms with Crippen LogP contribution in [0.5, 0.6) is 5.75 Å². The van der Waals surface area contributed by atoms with E-state index in [4.69, 9.17) is 9.47 Å². The number of carbonyl (C=O) groups excluding carboxylic acids is 1. The fraction of sp³-hybridized carbons (Fsp3) is 0.194. The van der Waals surface area contributed by atoms with Crippen LogP contribution in [-0.2, 0) is 29.1 Å². The molecule has 0 N–H and O–H groups in total. The molecule has 2 aromatic carbocycles. The number of hydrogen-bond acceptors (Lipinski definition) is 6. The first kappa shape index (κ1) is 25.4. The molecule has 0 spiro atoms. The minimum Gasteiger partial charge on any atom is -0.487 e. The number of thiazole rings is 1. The van der Waals surface area contributed by atoms with Crippen LogP contribution < -0.4 is 4.74 Å². The average Bonchev–Trinajstić information content (AvgIpc) is 3.60. The monoisotopic (exact) mass is 523 g/mol. The van der Waals surface area contributed by atoms with Crippen LogP contribution in [0.2, 0.25) is 0 Å². The smallest absolute Gasteiger partial charge is 0.306 e. The largest absolute Gasteiger partial charge is 0.487 e. The van der Waals surface area contributed by atoms with E-state index in [1.807, 2.05) is 61.0 Å². The molecule has 0 saturated carbocycles. The van der Waals surface area contributed by atoms with Gasteiger partial charge in [-0.2, -0.15) is 0 Å². The second-order valence-electron chi connectivity index (χ2n) is 8.86. The Hall–Kier alpha value is -4.23. The summed E-state index contributed by atoms with van der Waals surface area (Å²) in [5, 5.41) is 2.96. The van der Waals surface area contributed by atoms with Gasteiger partial charge >= 0.3 is 5.97 Å². The number of rotatable bonds is 11. The fourth-order valence-electron chi connectivity index (χ4n) is 4.25. The molecule has 38 heavy (non-hydrogen) atoms. The van der Waals surface area contributed by atoms with Crippen molar-refractivity contribution in [2.75, 3.05) is 6.61 Å². The van der Waals surface area contributed by atoms with Crippen LogP contribution in [0, 0.1) is 0 Å². The molecular formula is C31H29N3O3S. The quantitative estimate of drug-likeness (QED) is 0.178. The number of benzene rings is 2. The van der Waals surface area contributed by atoms with E-state index in [0.717, 1.165) is 50.8 Å². The maximum atomic E-state index is 12.0. The normalized spacial score (nSPS) is 10.9. The van der Waals surface area contributed by atoms with Crippen molar-refractivity contribution in [2.24, 2.45) is 0 Å². The first-order valence-electron chi connectivity index (χ1n) is 12.6. The van der Waals surface area contributed by atoms with Gasteiger partial charge in [-0.1, -0.05) is 42.5 Å². The predicted molar refractivity (Wildman–Crippen MR) is 150 cm³/mol. The van der Waals surface area contributed by atoms with Gasteiger partial charge < -0.3 is 14.0 Å². The van der Waals surface area contributed by atoms with E-state index in [9.17, 15) is 4.79 Å². The maximum absolute atomic E-state index is 12.0. The second kappa shape index (κ2) is 12.3. The van der Waals surface area contributed by atoms with Crippen molar-refractivity contribution in [1.82, 2.24) is 14.5 Å². The molecule has 0 aliphatic carbocycles. The SMILES string of the molecule is CCOC(=O)CCc1cn(Cc2ccc(OCc3csc(-c4cccnc4)n3)cc2)cc1-c1ccccc1. The Labute approximate surface area is 226 Å². The number of carbonyl (C=O) groups is 1. The fourth-order valence-corrected chi connectivity index (χ4v) is 5.04. The molecule has 0 unspecified atom stereocenters. The maximum Gasteiger partial charge on any atom is 0.306 e. The minimum atomic E-state index is -0.166. The van der Waals surface area contributed by atoms with Crippen LogP contribution >= 0.6 is 11.3 Å². The summed E-state index contributed by atoms with van der Waals surface area (Å²) in [6.07, 6.45) is 8.87. The molecule has 5 rings (SSSR count). The number of esters is 1. The molecule has 0 aliphatic rings. The van der Waals surface area contributed by atoms with Crippen LogP contribution in [0.15, 0.2) is 96.9 Å². The summed E-state index contributed by atoms with van der Waals surface area (Å²) in [5.74, 6) is 0.637. The zero-order valence-corrected chi connectivity index (χ0v) is 22.1.